The van der Waals surface area contributed by atoms with E-state index in [9.17, 15) is 8.42 Å². The van der Waals surface area contributed by atoms with E-state index >= 15 is 0 Å². The summed E-state index contributed by atoms with van der Waals surface area (Å²) in [6.45, 7) is 3.82. The Kier molecular flexibility index (Phi) is 14.0. The van der Waals surface area contributed by atoms with Gasteiger partial charge in [0.25, 0.3) is 10.1 Å². The highest BCUT2D eigenvalue weighted by molar-refractivity contribution is 7.86. The molecule has 0 spiro atoms. The van der Waals surface area contributed by atoms with Crippen molar-refractivity contribution < 1.29 is 13.0 Å². The van der Waals surface area contributed by atoms with Crippen LogP contribution in [0.5, 0.6) is 0 Å². The zero-order valence-corrected chi connectivity index (χ0v) is 15.4. The lowest BCUT2D eigenvalue weighted by Crippen LogP contribution is -2.16. The number of hydrogen-bond acceptors (Lipinski definition) is 2. The summed E-state index contributed by atoms with van der Waals surface area (Å²) in [6, 6.07) is 0. The second-order valence-corrected chi connectivity index (χ2v) is 8.18. The van der Waals surface area contributed by atoms with Gasteiger partial charge in [0.15, 0.2) is 0 Å². The second-order valence-electron chi connectivity index (χ2n) is 6.34. The van der Waals surface area contributed by atoms with Crippen LogP contribution in [0.2, 0.25) is 0 Å². The molecular formula is C18H36O3S. The third kappa shape index (κ3) is 14.6. The molecule has 0 saturated carbocycles. The molecule has 1 unspecified atom stereocenters. The molecule has 0 aliphatic rings. The van der Waals surface area contributed by atoms with E-state index in [-0.39, 0.29) is 0 Å². The summed E-state index contributed by atoms with van der Waals surface area (Å²) >= 11 is 0. The lowest BCUT2D eigenvalue weighted by Gasteiger charge is -2.06. The van der Waals surface area contributed by atoms with Crippen molar-refractivity contribution >= 4 is 10.1 Å². The van der Waals surface area contributed by atoms with Gasteiger partial charge in [-0.15, -0.1) is 0 Å². The van der Waals surface area contributed by atoms with Gasteiger partial charge in [-0.25, -0.2) is 0 Å². The Balaban J connectivity index is 3.27. The van der Waals surface area contributed by atoms with Gasteiger partial charge in [0.2, 0.25) is 0 Å². The maximum absolute atomic E-state index is 10.8. The van der Waals surface area contributed by atoms with E-state index in [4.69, 9.17) is 4.55 Å². The van der Waals surface area contributed by atoms with E-state index in [1.807, 2.05) is 0 Å². The first-order valence-electron chi connectivity index (χ1n) is 9.09. The number of allylic oxidation sites excluding steroid dienone is 2. The highest BCUT2D eigenvalue weighted by atomic mass is 32.2. The molecule has 0 aromatic rings. The van der Waals surface area contributed by atoms with Crippen molar-refractivity contribution in [2.24, 2.45) is 0 Å². The Bertz CT molecular complexity index is 361. The van der Waals surface area contributed by atoms with Crippen LogP contribution in [-0.4, -0.2) is 18.2 Å². The van der Waals surface area contributed by atoms with Crippen LogP contribution in [0.4, 0.5) is 0 Å². The van der Waals surface area contributed by atoms with E-state index in [0.29, 0.717) is 6.42 Å². The number of unbranched alkanes of at least 4 members (excludes halogenated alkanes) is 10. The van der Waals surface area contributed by atoms with Gasteiger partial charge in [-0.05, 0) is 39.0 Å². The van der Waals surface area contributed by atoms with Gasteiger partial charge in [-0.2, -0.15) is 8.42 Å². The molecule has 0 bridgehead atoms. The van der Waals surface area contributed by atoms with E-state index in [2.05, 4.69) is 19.1 Å². The van der Waals surface area contributed by atoms with Crippen molar-refractivity contribution in [1.29, 1.82) is 0 Å². The van der Waals surface area contributed by atoms with Crippen molar-refractivity contribution in [1.82, 2.24) is 0 Å². The van der Waals surface area contributed by atoms with Crippen LogP contribution < -0.4 is 0 Å². The summed E-state index contributed by atoms with van der Waals surface area (Å²) in [7, 11) is -3.83. The highest BCUT2D eigenvalue weighted by Gasteiger charge is 2.15. The normalized spacial score (nSPS) is 13.8. The zero-order valence-electron chi connectivity index (χ0n) is 14.6. The fraction of sp³-hybridized carbons (Fsp3) is 0.889. The monoisotopic (exact) mass is 332 g/mol. The molecule has 1 atom stereocenters. The molecule has 0 rings (SSSR count). The molecule has 0 aromatic carbocycles. The van der Waals surface area contributed by atoms with Crippen LogP contribution in [0.3, 0.4) is 0 Å². The summed E-state index contributed by atoms with van der Waals surface area (Å²) in [4.78, 5) is 0. The van der Waals surface area contributed by atoms with Crippen molar-refractivity contribution in [3.05, 3.63) is 12.2 Å². The molecule has 0 aliphatic carbocycles. The van der Waals surface area contributed by atoms with Crippen molar-refractivity contribution in [3.63, 3.8) is 0 Å². The third-order valence-electron chi connectivity index (χ3n) is 4.13. The summed E-state index contributed by atoms with van der Waals surface area (Å²) in [5, 5.41) is -0.621. The standard InChI is InChI=1S/C18H36O3S/c1-3-4-5-6-7-8-9-10-11-12-13-14-15-16-17-18(2)22(19,20)21/h10-11,18H,3-9,12-17H2,1-2H3,(H,19,20,21). The molecule has 0 amide bonds. The van der Waals surface area contributed by atoms with Crippen molar-refractivity contribution in [3.8, 4) is 0 Å². The Morgan fingerprint density at radius 2 is 1.27 bits per heavy atom. The van der Waals surface area contributed by atoms with Crippen LogP contribution in [-0.2, 0) is 10.1 Å². The first-order valence-corrected chi connectivity index (χ1v) is 10.6. The number of hydrogen-bond donors (Lipinski definition) is 1. The van der Waals surface area contributed by atoms with E-state index in [0.717, 1.165) is 25.7 Å². The van der Waals surface area contributed by atoms with Crippen LogP contribution in [0.25, 0.3) is 0 Å². The summed E-state index contributed by atoms with van der Waals surface area (Å²) in [6.07, 6.45) is 19.8. The lowest BCUT2D eigenvalue weighted by molar-refractivity contribution is 0.462. The van der Waals surface area contributed by atoms with E-state index in [1.165, 1.54) is 51.4 Å². The molecule has 3 nitrogen and oxygen atoms in total. The largest absolute Gasteiger partial charge is 0.285 e. The van der Waals surface area contributed by atoms with Crippen LogP contribution in [0, 0.1) is 0 Å². The second kappa shape index (κ2) is 14.3. The van der Waals surface area contributed by atoms with Gasteiger partial charge in [0, 0.05) is 0 Å². The molecule has 4 heteroatoms. The number of rotatable bonds is 15. The molecule has 0 radical (unpaired) electrons. The highest BCUT2D eigenvalue weighted by Crippen LogP contribution is 2.12. The minimum absolute atomic E-state index is 0.562. The lowest BCUT2D eigenvalue weighted by atomic mass is 10.1. The fourth-order valence-corrected chi connectivity index (χ4v) is 2.94. The third-order valence-corrected chi connectivity index (χ3v) is 5.38. The maximum atomic E-state index is 10.8. The Morgan fingerprint density at radius 3 is 1.77 bits per heavy atom. The predicted octanol–water partition coefficient (Wildman–Crippen LogP) is 5.91. The molecule has 0 aliphatic heterocycles. The minimum atomic E-state index is -3.83. The van der Waals surface area contributed by atoms with Gasteiger partial charge in [0.05, 0.1) is 5.25 Å². The average Bonchev–Trinajstić information content (AvgIpc) is 2.46. The fourth-order valence-electron chi connectivity index (χ4n) is 2.47. The summed E-state index contributed by atoms with van der Waals surface area (Å²) in [5.41, 5.74) is 0. The van der Waals surface area contributed by atoms with Gasteiger partial charge in [-0.1, -0.05) is 70.4 Å². The van der Waals surface area contributed by atoms with Gasteiger partial charge < -0.3 is 0 Å². The quantitative estimate of drug-likeness (QED) is 0.230. The van der Waals surface area contributed by atoms with Crippen LogP contribution in [0.1, 0.15) is 97.3 Å². The van der Waals surface area contributed by atoms with Gasteiger partial charge >= 0.3 is 0 Å². The maximum Gasteiger partial charge on any atom is 0.267 e. The summed E-state index contributed by atoms with van der Waals surface area (Å²) in [5.74, 6) is 0. The molecule has 22 heavy (non-hydrogen) atoms. The first kappa shape index (κ1) is 21.6. The molecule has 0 aromatic heterocycles. The van der Waals surface area contributed by atoms with E-state index < -0.39 is 15.4 Å². The SMILES string of the molecule is CCCCCCCCC=CCCCCCCC(C)S(=O)(=O)O. The van der Waals surface area contributed by atoms with Crippen LogP contribution in [0.15, 0.2) is 12.2 Å². The molecule has 0 saturated heterocycles. The Hall–Kier alpha value is -0.350. The van der Waals surface area contributed by atoms with Gasteiger partial charge in [0.1, 0.15) is 0 Å². The van der Waals surface area contributed by atoms with Crippen LogP contribution >= 0.6 is 0 Å². The van der Waals surface area contributed by atoms with E-state index in [1.54, 1.807) is 6.92 Å². The first-order chi connectivity index (χ1) is 10.5. The van der Waals surface area contributed by atoms with Crippen molar-refractivity contribution in [2.45, 2.75) is 103 Å². The Morgan fingerprint density at radius 1 is 0.818 bits per heavy atom. The molecule has 0 heterocycles. The predicted molar refractivity (Wildman–Crippen MR) is 95.8 cm³/mol. The van der Waals surface area contributed by atoms with Crippen molar-refractivity contribution in [2.75, 3.05) is 0 Å². The zero-order chi connectivity index (χ0) is 16.7. The molecule has 1 N–H and O–H groups in total. The summed E-state index contributed by atoms with van der Waals surface area (Å²) < 4.78 is 30.5. The Labute approximate surface area is 138 Å². The molecule has 132 valence electrons. The minimum Gasteiger partial charge on any atom is -0.285 e. The van der Waals surface area contributed by atoms with Gasteiger partial charge in [-0.3, -0.25) is 4.55 Å². The smallest absolute Gasteiger partial charge is 0.267 e. The topological polar surface area (TPSA) is 54.4 Å². The molecular weight excluding hydrogens is 296 g/mol. The molecule has 0 fully saturated rings. The average molecular weight is 333 g/mol.